The summed E-state index contributed by atoms with van der Waals surface area (Å²) in [4.78, 5) is 4.27. The Kier molecular flexibility index (Phi) is 5.38. The van der Waals surface area contributed by atoms with Gasteiger partial charge < -0.3 is 4.74 Å². The van der Waals surface area contributed by atoms with Crippen molar-refractivity contribution in [1.82, 2.24) is 4.98 Å². The Bertz CT molecular complexity index is 598. The van der Waals surface area contributed by atoms with Gasteiger partial charge in [0, 0.05) is 16.0 Å². The van der Waals surface area contributed by atoms with Crippen LogP contribution in [-0.4, -0.2) is 17.8 Å². The van der Waals surface area contributed by atoms with Crippen molar-refractivity contribution >= 4 is 34.3 Å². The summed E-state index contributed by atoms with van der Waals surface area (Å²) in [6.07, 6.45) is 2.64. The Hall–Kier alpha value is -1.59. The summed E-state index contributed by atoms with van der Waals surface area (Å²) in [5.41, 5.74) is 4.71. The largest absolute Gasteiger partial charge is 0.493 e. The van der Waals surface area contributed by atoms with E-state index in [-0.39, 0.29) is 0 Å². The van der Waals surface area contributed by atoms with Crippen LogP contribution in [0.4, 0.5) is 5.13 Å². The third kappa shape index (κ3) is 4.21. The van der Waals surface area contributed by atoms with Gasteiger partial charge in [0.25, 0.3) is 0 Å². The standard InChI is InChI=1S/C14H16ClN3OS/c1-3-6-19-13-5-4-12(15)7-11(13)8-16-18-14-17-10(2)9-20-14/h4-5,7-9H,3,6H2,1-2H3,(H,17,18). The van der Waals surface area contributed by atoms with Crippen LogP contribution in [0.1, 0.15) is 24.6 Å². The van der Waals surface area contributed by atoms with Crippen molar-refractivity contribution in [1.29, 1.82) is 0 Å². The zero-order valence-electron chi connectivity index (χ0n) is 11.4. The lowest BCUT2D eigenvalue weighted by atomic mass is 10.2. The molecule has 106 valence electrons. The van der Waals surface area contributed by atoms with Gasteiger partial charge in [-0.25, -0.2) is 4.98 Å². The molecule has 6 heteroatoms. The second kappa shape index (κ2) is 7.26. The molecule has 0 spiro atoms. The lowest BCUT2D eigenvalue weighted by molar-refractivity contribution is 0.317. The predicted octanol–water partition coefficient (Wildman–Crippen LogP) is 4.34. The second-order valence-electron chi connectivity index (χ2n) is 4.19. The van der Waals surface area contributed by atoms with Gasteiger partial charge in [-0.2, -0.15) is 5.10 Å². The summed E-state index contributed by atoms with van der Waals surface area (Å²) in [6.45, 7) is 4.68. The van der Waals surface area contributed by atoms with Crippen LogP contribution in [0.3, 0.4) is 0 Å². The molecule has 0 saturated carbocycles. The third-order valence-electron chi connectivity index (χ3n) is 2.42. The molecule has 1 aromatic carbocycles. The van der Waals surface area contributed by atoms with Crippen molar-refractivity contribution in [3.8, 4) is 5.75 Å². The Labute approximate surface area is 127 Å². The van der Waals surface area contributed by atoms with E-state index in [4.69, 9.17) is 16.3 Å². The van der Waals surface area contributed by atoms with Crippen LogP contribution < -0.4 is 10.2 Å². The molecule has 0 aliphatic heterocycles. The maximum atomic E-state index is 6.00. The van der Waals surface area contributed by atoms with E-state index in [1.54, 1.807) is 6.21 Å². The SMILES string of the molecule is CCCOc1ccc(Cl)cc1C=NNc1nc(C)cs1. The van der Waals surface area contributed by atoms with Gasteiger partial charge in [0.1, 0.15) is 5.75 Å². The number of aromatic nitrogens is 1. The first kappa shape index (κ1) is 14.8. The zero-order valence-corrected chi connectivity index (χ0v) is 13.0. The maximum absolute atomic E-state index is 6.00. The average molecular weight is 310 g/mol. The average Bonchev–Trinajstić information content (AvgIpc) is 2.84. The number of halogens is 1. The molecule has 0 aliphatic carbocycles. The zero-order chi connectivity index (χ0) is 14.4. The number of benzene rings is 1. The molecule has 0 fully saturated rings. The van der Waals surface area contributed by atoms with Crippen LogP contribution >= 0.6 is 22.9 Å². The highest BCUT2D eigenvalue weighted by molar-refractivity contribution is 7.13. The second-order valence-corrected chi connectivity index (χ2v) is 5.49. The van der Waals surface area contributed by atoms with Crippen molar-refractivity contribution in [3.63, 3.8) is 0 Å². The summed E-state index contributed by atoms with van der Waals surface area (Å²) in [5, 5.41) is 7.55. The smallest absolute Gasteiger partial charge is 0.203 e. The van der Waals surface area contributed by atoms with E-state index in [1.807, 2.05) is 30.5 Å². The van der Waals surface area contributed by atoms with Gasteiger partial charge in [0.2, 0.25) is 5.13 Å². The van der Waals surface area contributed by atoms with Crippen molar-refractivity contribution in [2.75, 3.05) is 12.0 Å². The minimum absolute atomic E-state index is 0.653. The van der Waals surface area contributed by atoms with Gasteiger partial charge in [-0.1, -0.05) is 18.5 Å². The van der Waals surface area contributed by atoms with Crippen molar-refractivity contribution in [2.45, 2.75) is 20.3 Å². The number of anilines is 1. The highest BCUT2D eigenvalue weighted by Gasteiger charge is 2.03. The monoisotopic (exact) mass is 309 g/mol. The molecule has 1 aromatic heterocycles. The number of aryl methyl sites for hydroxylation is 1. The molecule has 0 amide bonds. The molecular weight excluding hydrogens is 294 g/mol. The number of thiazole rings is 1. The van der Waals surface area contributed by atoms with Crippen LogP contribution in [0.25, 0.3) is 0 Å². The van der Waals surface area contributed by atoms with Crippen molar-refractivity contribution in [2.24, 2.45) is 5.10 Å². The number of hydrazone groups is 1. The molecule has 0 unspecified atom stereocenters. The Morgan fingerprint density at radius 1 is 1.50 bits per heavy atom. The van der Waals surface area contributed by atoms with Gasteiger partial charge in [-0.05, 0) is 31.5 Å². The number of nitrogens with zero attached hydrogens (tertiary/aromatic N) is 2. The lowest BCUT2D eigenvalue weighted by Gasteiger charge is -2.08. The fourth-order valence-corrected chi connectivity index (χ4v) is 2.34. The molecule has 2 aromatic rings. The van der Waals surface area contributed by atoms with E-state index in [1.165, 1.54) is 11.3 Å². The molecule has 1 N–H and O–H groups in total. The Balaban J connectivity index is 2.08. The summed E-state index contributed by atoms with van der Waals surface area (Å²) in [7, 11) is 0. The minimum atomic E-state index is 0.653. The van der Waals surface area contributed by atoms with E-state index in [0.717, 1.165) is 28.6 Å². The highest BCUT2D eigenvalue weighted by Crippen LogP contribution is 2.22. The van der Waals surface area contributed by atoms with E-state index in [2.05, 4.69) is 22.4 Å². The number of rotatable bonds is 6. The number of hydrogen-bond donors (Lipinski definition) is 1. The van der Waals surface area contributed by atoms with Gasteiger partial charge in [-0.15, -0.1) is 11.3 Å². The fraction of sp³-hybridized carbons (Fsp3) is 0.286. The minimum Gasteiger partial charge on any atom is -0.493 e. The van der Waals surface area contributed by atoms with Crippen molar-refractivity contribution < 1.29 is 4.74 Å². The number of hydrogen-bond acceptors (Lipinski definition) is 5. The molecule has 0 atom stereocenters. The van der Waals surface area contributed by atoms with E-state index < -0.39 is 0 Å². The quantitative estimate of drug-likeness (QED) is 0.638. The number of ether oxygens (including phenoxy) is 1. The molecular formula is C14H16ClN3OS. The topological polar surface area (TPSA) is 46.5 Å². The van der Waals surface area contributed by atoms with Gasteiger partial charge in [0.15, 0.2) is 0 Å². The molecule has 0 bridgehead atoms. The van der Waals surface area contributed by atoms with Gasteiger partial charge in [0.05, 0.1) is 18.5 Å². The molecule has 0 radical (unpaired) electrons. The van der Waals surface area contributed by atoms with Crippen LogP contribution in [0.5, 0.6) is 5.75 Å². The summed E-state index contributed by atoms with van der Waals surface area (Å²) in [5.74, 6) is 0.775. The lowest BCUT2D eigenvalue weighted by Crippen LogP contribution is -1.99. The first-order valence-corrected chi connectivity index (χ1v) is 7.58. The Morgan fingerprint density at radius 3 is 3.05 bits per heavy atom. The third-order valence-corrected chi connectivity index (χ3v) is 3.52. The molecule has 1 heterocycles. The van der Waals surface area contributed by atoms with E-state index >= 15 is 0 Å². The molecule has 2 rings (SSSR count). The Morgan fingerprint density at radius 2 is 2.35 bits per heavy atom. The van der Waals surface area contributed by atoms with Crippen molar-refractivity contribution in [3.05, 3.63) is 39.9 Å². The van der Waals surface area contributed by atoms with Crippen LogP contribution in [0.15, 0.2) is 28.7 Å². The first-order valence-electron chi connectivity index (χ1n) is 6.32. The van der Waals surface area contributed by atoms with Crippen LogP contribution in [0, 0.1) is 6.92 Å². The highest BCUT2D eigenvalue weighted by atomic mass is 35.5. The fourth-order valence-electron chi connectivity index (χ4n) is 1.53. The predicted molar refractivity (Wildman–Crippen MR) is 85.3 cm³/mol. The van der Waals surface area contributed by atoms with Crippen LogP contribution in [0.2, 0.25) is 5.02 Å². The summed E-state index contributed by atoms with van der Waals surface area (Å²) < 4.78 is 5.66. The first-order chi connectivity index (χ1) is 9.69. The maximum Gasteiger partial charge on any atom is 0.203 e. The molecule has 20 heavy (non-hydrogen) atoms. The van der Waals surface area contributed by atoms with Crippen LogP contribution in [-0.2, 0) is 0 Å². The molecule has 4 nitrogen and oxygen atoms in total. The van der Waals surface area contributed by atoms with Gasteiger partial charge in [-0.3, -0.25) is 5.43 Å². The molecule has 0 saturated heterocycles. The van der Waals surface area contributed by atoms with Gasteiger partial charge >= 0.3 is 0 Å². The normalized spacial score (nSPS) is 10.9. The van der Waals surface area contributed by atoms with E-state index in [9.17, 15) is 0 Å². The van der Waals surface area contributed by atoms with E-state index in [0.29, 0.717) is 11.6 Å². The number of nitrogens with one attached hydrogen (secondary N) is 1. The molecule has 0 aliphatic rings. The summed E-state index contributed by atoms with van der Waals surface area (Å²) in [6, 6.07) is 5.49. The summed E-state index contributed by atoms with van der Waals surface area (Å²) >= 11 is 7.51.